The molecule has 0 saturated heterocycles. The standard InChI is InChI=1S/C23H28N4O2S/c1-16(13-27-18(3)11-17(2)26-27)12-24-23(28)10-7-20-5-8-22(9-6-20)29-14-21-15-30-19(4)25-21/h5-11,15-16H,12-14H2,1-4H3,(H,24,28)/b10-7+/t16-/m1/s1. The van der Waals surface area contributed by atoms with Crippen LogP contribution in [0.15, 0.2) is 41.8 Å². The number of hydrogen-bond acceptors (Lipinski definition) is 5. The van der Waals surface area contributed by atoms with E-state index in [4.69, 9.17) is 4.74 Å². The molecule has 1 amide bonds. The number of benzene rings is 1. The molecule has 1 N–H and O–H groups in total. The summed E-state index contributed by atoms with van der Waals surface area (Å²) in [6.07, 6.45) is 3.36. The van der Waals surface area contributed by atoms with Crippen molar-refractivity contribution >= 4 is 23.3 Å². The van der Waals surface area contributed by atoms with E-state index in [2.05, 4.69) is 28.4 Å². The van der Waals surface area contributed by atoms with E-state index in [1.165, 1.54) is 0 Å². The monoisotopic (exact) mass is 424 g/mol. The molecule has 0 spiro atoms. The third-order valence-electron chi connectivity index (χ3n) is 4.57. The van der Waals surface area contributed by atoms with Crippen molar-refractivity contribution in [2.45, 2.75) is 40.8 Å². The molecule has 6 nitrogen and oxygen atoms in total. The molecule has 1 atom stereocenters. The molecule has 0 saturated carbocycles. The minimum atomic E-state index is -0.102. The van der Waals surface area contributed by atoms with Crippen molar-refractivity contribution in [1.82, 2.24) is 20.1 Å². The summed E-state index contributed by atoms with van der Waals surface area (Å²) < 4.78 is 7.73. The molecule has 0 unspecified atom stereocenters. The summed E-state index contributed by atoms with van der Waals surface area (Å²) in [5.41, 5.74) is 4.03. The predicted molar refractivity (Wildman–Crippen MR) is 121 cm³/mol. The lowest BCUT2D eigenvalue weighted by atomic mass is 10.1. The highest BCUT2D eigenvalue weighted by molar-refractivity contribution is 7.09. The van der Waals surface area contributed by atoms with Gasteiger partial charge in [-0.3, -0.25) is 9.48 Å². The molecule has 158 valence electrons. The van der Waals surface area contributed by atoms with Gasteiger partial charge in [0.1, 0.15) is 12.4 Å². The number of carbonyl (C=O) groups is 1. The van der Waals surface area contributed by atoms with E-state index in [0.29, 0.717) is 19.1 Å². The van der Waals surface area contributed by atoms with Crippen LogP contribution in [0.5, 0.6) is 5.75 Å². The molecule has 0 fully saturated rings. The summed E-state index contributed by atoms with van der Waals surface area (Å²) in [6, 6.07) is 9.71. The van der Waals surface area contributed by atoms with Crippen LogP contribution in [-0.4, -0.2) is 27.2 Å². The number of thiazole rings is 1. The second-order valence-electron chi connectivity index (χ2n) is 7.51. The molecule has 0 aliphatic rings. The SMILES string of the molecule is Cc1cc(C)n(C[C@H](C)CNC(=O)/C=C/c2ccc(OCc3csc(C)n3)cc2)n1. The summed E-state index contributed by atoms with van der Waals surface area (Å²) >= 11 is 1.62. The fourth-order valence-corrected chi connectivity index (χ4v) is 3.63. The highest BCUT2D eigenvalue weighted by Crippen LogP contribution is 2.16. The maximum atomic E-state index is 12.1. The van der Waals surface area contributed by atoms with Crippen LogP contribution in [-0.2, 0) is 17.9 Å². The second kappa shape index (κ2) is 10.2. The lowest BCUT2D eigenvalue weighted by Gasteiger charge is -2.13. The minimum absolute atomic E-state index is 0.102. The van der Waals surface area contributed by atoms with Crippen molar-refractivity contribution in [3.63, 3.8) is 0 Å². The van der Waals surface area contributed by atoms with Crippen molar-refractivity contribution in [1.29, 1.82) is 0 Å². The lowest BCUT2D eigenvalue weighted by molar-refractivity contribution is -0.116. The summed E-state index contributed by atoms with van der Waals surface area (Å²) in [7, 11) is 0. The Kier molecular flexibility index (Phi) is 7.41. The number of hydrogen-bond donors (Lipinski definition) is 1. The highest BCUT2D eigenvalue weighted by Gasteiger charge is 2.08. The Morgan fingerprint density at radius 3 is 2.67 bits per heavy atom. The Labute approximate surface area is 181 Å². The number of ether oxygens (including phenoxy) is 1. The topological polar surface area (TPSA) is 69.0 Å². The van der Waals surface area contributed by atoms with E-state index in [0.717, 1.165) is 39.9 Å². The van der Waals surface area contributed by atoms with Crippen LogP contribution in [0.25, 0.3) is 6.08 Å². The molecule has 2 aromatic heterocycles. The van der Waals surface area contributed by atoms with E-state index >= 15 is 0 Å². The summed E-state index contributed by atoms with van der Waals surface area (Å²) in [5.74, 6) is 0.966. The molecule has 3 rings (SSSR count). The van der Waals surface area contributed by atoms with Gasteiger partial charge in [-0.05, 0) is 56.5 Å². The molecular weight excluding hydrogens is 396 g/mol. The van der Waals surface area contributed by atoms with E-state index in [1.807, 2.05) is 55.1 Å². The van der Waals surface area contributed by atoms with Gasteiger partial charge in [0, 0.05) is 30.2 Å². The van der Waals surface area contributed by atoms with E-state index in [-0.39, 0.29) is 5.91 Å². The van der Waals surface area contributed by atoms with Crippen LogP contribution >= 0.6 is 11.3 Å². The van der Waals surface area contributed by atoms with Gasteiger partial charge in [0.05, 0.1) is 16.4 Å². The first kappa shape index (κ1) is 21.8. The largest absolute Gasteiger partial charge is 0.487 e. The fourth-order valence-electron chi connectivity index (χ4n) is 3.03. The second-order valence-corrected chi connectivity index (χ2v) is 8.57. The first-order valence-corrected chi connectivity index (χ1v) is 10.9. The molecule has 0 aliphatic carbocycles. The molecule has 0 aliphatic heterocycles. The van der Waals surface area contributed by atoms with Gasteiger partial charge >= 0.3 is 0 Å². The van der Waals surface area contributed by atoms with Gasteiger partial charge in [-0.1, -0.05) is 19.1 Å². The number of aromatic nitrogens is 3. The molecule has 2 heterocycles. The Morgan fingerprint density at radius 2 is 2.03 bits per heavy atom. The van der Waals surface area contributed by atoms with Crippen molar-refractivity contribution in [2.75, 3.05) is 6.54 Å². The zero-order valence-corrected chi connectivity index (χ0v) is 18.7. The average Bonchev–Trinajstić information content (AvgIpc) is 3.28. The Morgan fingerprint density at radius 1 is 1.27 bits per heavy atom. The van der Waals surface area contributed by atoms with Crippen LogP contribution < -0.4 is 10.1 Å². The molecule has 7 heteroatoms. The number of carbonyl (C=O) groups excluding carboxylic acids is 1. The molecular formula is C23H28N4O2S. The predicted octanol–water partition coefficient (Wildman–Crippen LogP) is 4.31. The van der Waals surface area contributed by atoms with Crippen molar-refractivity contribution in [3.8, 4) is 5.75 Å². The van der Waals surface area contributed by atoms with Crippen molar-refractivity contribution < 1.29 is 9.53 Å². The van der Waals surface area contributed by atoms with Gasteiger partial charge in [-0.2, -0.15) is 5.10 Å². The lowest BCUT2D eigenvalue weighted by Crippen LogP contribution is -2.29. The molecule has 0 radical (unpaired) electrons. The highest BCUT2D eigenvalue weighted by atomic mass is 32.1. The van der Waals surface area contributed by atoms with Gasteiger partial charge < -0.3 is 10.1 Å². The summed E-state index contributed by atoms with van der Waals surface area (Å²) in [4.78, 5) is 16.5. The molecule has 30 heavy (non-hydrogen) atoms. The zero-order chi connectivity index (χ0) is 21.5. The van der Waals surface area contributed by atoms with Gasteiger partial charge in [0.2, 0.25) is 5.91 Å². The summed E-state index contributed by atoms with van der Waals surface area (Å²) in [6.45, 7) is 9.96. The minimum Gasteiger partial charge on any atom is -0.487 e. The number of amides is 1. The first-order chi connectivity index (χ1) is 14.4. The fraction of sp³-hybridized carbons (Fsp3) is 0.348. The van der Waals surface area contributed by atoms with Crippen molar-refractivity contribution in [2.24, 2.45) is 5.92 Å². The molecule has 0 bridgehead atoms. The van der Waals surface area contributed by atoms with Crippen molar-refractivity contribution in [3.05, 3.63) is 69.4 Å². The van der Waals surface area contributed by atoms with Gasteiger partial charge in [0.15, 0.2) is 0 Å². The smallest absolute Gasteiger partial charge is 0.244 e. The maximum Gasteiger partial charge on any atom is 0.244 e. The van der Waals surface area contributed by atoms with Crippen LogP contribution in [0.1, 0.15) is 34.6 Å². The Bertz CT molecular complexity index is 1000. The molecule has 1 aromatic carbocycles. The molecule has 3 aromatic rings. The third kappa shape index (κ3) is 6.56. The Balaban J connectivity index is 1.42. The Hall–Kier alpha value is -2.93. The number of nitrogens with zero attached hydrogens (tertiary/aromatic N) is 3. The normalized spacial score (nSPS) is 12.3. The van der Waals surface area contributed by atoms with Crippen LogP contribution in [0.4, 0.5) is 0 Å². The third-order valence-corrected chi connectivity index (χ3v) is 5.40. The zero-order valence-electron chi connectivity index (χ0n) is 17.9. The quantitative estimate of drug-likeness (QED) is 0.520. The van der Waals surface area contributed by atoms with Crippen LogP contribution in [0.3, 0.4) is 0 Å². The van der Waals surface area contributed by atoms with Crippen LogP contribution in [0, 0.1) is 26.7 Å². The van der Waals surface area contributed by atoms with Crippen LogP contribution in [0.2, 0.25) is 0 Å². The number of aryl methyl sites for hydroxylation is 3. The van der Waals surface area contributed by atoms with Gasteiger partial charge in [0.25, 0.3) is 0 Å². The average molecular weight is 425 g/mol. The number of nitrogens with one attached hydrogen (secondary N) is 1. The summed E-state index contributed by atoms with van der Waals surface area (Å²) in [5, 5.41) is 10.5. The van der Waals surface area contributed by atoms with Gasteiger partial charge in [-0.25, -0.2) is 4.98 Å². The first-order valence-electron chi connectivity index (χ1n) is 10.00. The van der Waals surface area contributed by atoms with E-state index in [1.54, 1.807) is 23.5 Å². The van der Waals surface area contributed by atoms with E-state index in [9.17, 15) is 4.79 Å². The number of rotatable bonds is 9. The van der Waals surface area contributed by atoms with E-state index < -0.39 is 0 Å². The van der Waals surface area contributed by atoms with Gasteiger partial charge in [-0.15, -0.1) is 11.3 Å². The maximum absolute atomic E-state index is 12.1.